The summed E-state index contributed by atoms with van der Waals surface area (Å²) in [7, 11) is 4.17. The van der Waals surface area contributed by atoms with Gasteiger partial charge < -0.3 is 24.8 Å². The van der Waals surface area contributed by atoms with Crippen LogP contribution in [0.5, 0.6) is 5.75 Å². The molecule has 194 valence electrons. The molecule has 0 aliphatic carbocycles. The Hall–Kier alpha value is -3.13. The van der Waals surface area contributed by atoms with Gasteiger partial charge in [-0.3, -0.25) is 9.59 Å². The summed E-state index contributed by atoms with van der Waals surface area (Å²) in [5.74, 6) is -0.0955. The number of halogens is 1. The van der Waals surface area contributed by atoms with Crippen molar-refractivity contribution in [3.05, 3.63) is 54.3 Å². The third-order valence-corrected chi connectivity index (χ3v) is 7.22. The first-order valence-electron chi connectivity index (χ1n) is 12.9. The van der Waals surface area contributed by atoms with Crippen molar-refractivity contribution in [3.8, 4) is 5.75 Å². The van der Waals surface area contributed by atoms with Gasteiger partial charge in [0.1, 0.15) is 11.6 Å². The molecule has 0 saturated carbocycles. The van der Waals surface area contributed by atoms with Crippen LogP contribution in [0.25, 0.3) is 0 Å². The third kappa shape index (κ3) is 6.75. The Bertz CT molecular complexity index is 1020. The van der Waals surface area contributed by atoms with Gasteiger partial charge in [0, 0.05) is 37.9 Å². The van der Waals surface area contributed by atoms with E-state index < -0.39 is 0 Å². The minimum absolute atomic E-state index is 0.0168. The van der Waals surface area contributed by atoms with Gasteiger partial charge in [0.25, 0.3) is 0 Å². The molecule has 2 aromatic rings. The van der Waals surface area contributed by atoms with Gasteiger partial charge in [0.05, 0.1) is 24.6 Å². The fraction of sp³-hybridized carbons (Fsp3) is 0.500. The molecule has 0 aromatic heterocycles. The Kier molecular flexibility index (Phi) is 8.80. The zero-order chi connectivity index (χ0) is 25.5. The first-order chi connectivity index (χ1) is 17.4. The van der Waals surface area contributed by atoms with Crippen LogP contribution in [-0.2, 0) is 9.59 Å². The van der Waals surface area contributed by atoms with E-state index in [-0.39, 0.29) is 30.0 Å². The van der Waals surface area contributed by atoms with Crippen molar-refractivity contribution in [1.82, 2.24) is 9.80 Å². The van der Waals surface area contributed by atoms with Crippen LogP contribution in [0.15, 0.2) is 48.5 Å². The summed E-state index contributed by atoms with van der Waals surface area (Å²) in [6.07, 6.45) is 3.74. The molecule has 2 aliphatic heterocycles. The van der Waals surface area contributed by atoms with E-state index in [0.717, 1.165) is 38.1 Å². The number of hydrogen-bond donors (Lipinski definition) is 1. The summed E-state index contributed by atoms with van der Waals surface area (Å²) in [5.41, 5.74) is 1.03. The van der Waals surface area contributed by atoms with Crippen LogP contribution in [-0.4, -0.2) is 74.5 Å². The van der Waals surface area contributed by atoms with Gasteiger partial charge in [0.2, 0.25) is 11.8 Å². The van der Waals surface area contributed by atoms with Crippen LogP contribution in [0.3, 0.4) is 0 Å². The second-order valence-corrected chi connectivity index (χ2v) is 9.93. The van der Waals surface area contributed by atoms with Crippen LogP contribution < -0.4 is 15.0 Å². The first kappa shape index (κ1) is 25.9. The fourth-order valence-electron chi connectivity index (χ4n) is 5.06. The second kappa shape index (κ2) is 12.2. The smallest absolute Gasteiger partial charge is 0.229 e. The maximum absolute atomic E-state index is 14.9. The van der Waals surface area contributed by atoms with Gasteiger partial charge in [-0.1, -0.05) is 18.2 Å². The van der Waals surface area contributed by atoms with Crippen molar-refractivity contribution in [2.45, 2.75) is 38.1 Å². The molecule has 1 atom stereocenters. The Balaban J connectivity index is 1.26. The molecule has 1 unspecified atom stereocenters. The zero-order valence-electron chi connectivity index (χ0n) is 21.3. The molecule has 2 heterocycles. The predicted octanol–water partition coefficient (Wildman–Crippen LogP) is 4.00. The molecule has 7 nitrogen and oxygen atoms in total. The number of anilines is 2. The summed E-state index contributed by atoms with van der Waals surface area (Å²) in [5, 5.41) is 2.86. The summed E-state index contributed by atoms with van der Waals surface area (Å²) < 4.78 is 20.6. The lowest BCUT2D eigenvalue weighted by Crippen LogP contribution is -2.44. The molecule has 36 heavy (non-hydrogen) atoms. The van der Waals surface area contributed by atoms with E-state index in [0.29, 0.717) is 43.5 Å². The van der Waals surface area contributed by atoms with Crippen molar-refractivity contribution in [2.24, 2.45) is 5.92 Å². The third-order valence-electron chi connectivity index (χ3n) is 7.22. The van der Waals surface area contributed by atoms with Crippen molar-refractivity contribution >= 4 is 23.2 Å². The topological polar surface area (TPSA) is 65.1 Å². The Morgan fingerprint density at radius 2 is 1.81 bits per heavy atom. The van der Waals surface area contributed by atoms with E-state index in [9.17, 15) is 14.0 Å². The van der Waals surface area contributed by atoms with Gasteiger partial charge in [-0.2, -0.15) is 0 Å². The lowest BCUT2D eigenvalue weighted by Gasteiger charge is -2.36. The van der Waals surface area contributed by atoms with E-state index >= 15 is 0 Å². The number of rotatable bonds is 8. The highest BCUT2D eigenvalue weighted by atomic mass is 19.1. The molecule has 8 heteroatoms. The monoisotopic (exact) mass is 496 g/mol. The largest absolute Gasteiger partial charge is 0.493 e. The predicted molar refractivity (Wildman–Crippen MR) is 140 cm³/mol. The summed E-state index contributed by atoms with van der Waals surface area (Å²) in [6, 6.07) is 14.8. The number of carbonyl (C=O) groups excluding carboxylic acids is 2. The number of carbonyl (C=O) groups is 2. The van der Waals surface area contributed by atoms with Gasteiger partial charge in [-0.25, -0.2) is 4.39 Å². The van der Waals surface area contributed by atoms with Crippen molar-refractivity contribution in [1.29, 1.82) is 0 Å². The molecular formula is C28H37FN4O3. The van der Waals surface area contributed by atoms with Gasteiger partial charge in [-0.05, 0) is 70.1 Å². The number of hydrogen-bond acceptors (Lipinski definition) is 5. The quantitative estimate of drug-likeness (QED) is 0.599. The number of nitrogens with one attached hydrogen (secondary N) is 1. The Morgan fingerprint density at radius 1 is 1.06 bits per heavy atom. The van der Waals surface area contributed by atoms with Crippen molar-refractivity contribution in [3.63, 3.8) is 0 Å². The van der Waals surface area contributed by atoms with Crippen LogP contribution in [0.1, 0.15) is 32.1 Å². The van der Waals surface area contributed by atoms with E-state index in [1.807, 2.05) is 30.3 Å². The zero-order valence-corrected chi connectivity index (χ0v) is 21.3. The van der Waals surface area contributed by atoms with Crippen LogP contribution in [0, 0.1) is 11.7 Å². The minimum atomic E-state index is -0.324. The average molecular weight is 497 g/mol. The maximum Gasteiger partial charge on any atom is 0.229 e. The molecule has 0 bridgehead atoms. The highest BCUT2D eigenvalue weighted by Crippen LogP contribution is 2.27. The number of para-hydroxylation sites is 1. The SMILES string of the molecule is CN(C)C1CCN(c2ccc(NC(=O)C3CCCN(C(=O)CCOc4ccccc4)C3)cc2F)CC1. The Labute approximate surface area is 213 Å². The van der Waals surface area contributed by atoms with E-state index in [1.54, 1.807) is 17.0 Å². The van der Waals surface area contributed by atoms with Gasteiger partial charge in [-0.15, -0.1) is 0 Å². The lowest BCUT2D eigenvalue weighted by atomic mass is 9.96. The molecule has 0 spiro atoms. The molecule has 4 rings (SSSR count). The second-order valence-electron chi connectivity index (χ2n) is 9.93. The summed E-state index contributed by atoms with van der Waals surface area (Å²) in [6.45, 7) is 2.94. The summed E-state index contributed by atoms with van der Waals surface area (Å²) in [4.78, 5) is 31.6. The molecule has 0 radical (unpaired) electrons. The van der Waals surface area contributed by atoms with Gasteiger partial charge in [0.15, 0.2) is 0 Å². The lowest BCUT2D eigenvalue weighted by molar-refractivity contribution is -0.135. The molecule has 2 saturated heterocycles. The molecule has 2 aliphatic rings. The Morgan fingerprint density at radius 3 is 2.50 bits per heavy atom. The van der Waals surface area contributed by atoms with Crippen molar-refractivity contribution < 1.29 is 18.7 Å². The fourth-order valence-corrected chi connectivity index (χ4v) is 5.06. The van der Waals surface area contributed by atoms with Crippen LogP contribution >= 0.6 is 0 Å². The number of ether oxygens (including phenoxy) is 1. The highest BCUT2D eigenvalue weighted by Gasteiger charge is 2.29. The van der Waals surface area contributed by atoms with E-state index in [1.165, 1.54) is 6.07 Å². The molecule has 2 aromatic carbocycles. The highest BCUT2D eigenvalue weighted by molar-refractivity contribution is 5.93. The number of likely N-dealkylation sites (tertiary alicyclic amines) is 1. The number of amides is 2. The standard InChI is InChI=1S/C28H37FN4O3/c1-31(2)23-12-16-32(17-13-23)26-11-10-22(19-25(26)29)30-28(35)21-7-6-15-33(20-21)27(34)14-18-36-24-8-4-3-5-9-24/h3-5,8-11,19,21,23H,6-7,12-18,20H2,1-2H3,(H,30,35). The molecule has 2 amide bonds. The number of benzene rings is 2. The van der Waals surface area contributed by atoms with Crippen LogP contribution in [0.4, 0.5) is 15.8 Å². The maximum atomic E-state index is 14.9. The van der Waals surface area contributed by atoms with E-state index in [2.05, 4.69) is 29.2 Å². The number of nitrogens with zero attached hydrogens (tertiary/aromatic N) is 3. The van der Waals surface area contributed by atoms with Crippen molar-refractivity contribution in [2.75, 3.05) is 57.1 Å². The van der Waals surface area contributed by atoms with Gasteiger partial charge >= 0.3 is 0 Å². The minimum Gasteiger partial charge on any atom is -0.493 e. The first-order valence-corrected chi connectivity index (χ1v) is 12.9. The normalized spacial score (nSPS) is 18.8. The summed E-state index contributed by atoms with van der Waals surface area (Å²) >= 11 is 0. The molecule has 1 N–H and O–H groups in total. The number of piperidine rings is 2. The van der Waals surface area contributed by atoms with Crippen LogP contribution in [0.2, 0.25) is 0 Å². The van der Waals surface area contributed by atoms with E-state index in [4.69, 9.17) is 4.74 Å². The molecule has 2 fully saturated rings. The average Bonchev–Trinajstić information content (AvgIpc) is 2.89. The molecular weight excluding hydrogens is 459 g/mol.